The maximum absolute atomic E-state index is 12.3. The molecule has 6 nitrogen and oxygen atoms in total. The Kier molecular flexibility index (Phi) is 4.72. The number of nitrogens with one attached hydrogen (secondary N) is 2. The molecular formula is C15H20F2N4O2. The highest BCUT2D eigenvalue weighted by Crippen LogP contribution is 2.42. The summed E-state index contributed by atoms with van der Waals surface area (Å²) in [5.74, 6) is 0.314. The monoisotopic (exact) mass is 326 g/mol. The van der Waals surface area contributed by atoms with Gasteiger partial charge < -0.3 is 10.5 Å². The molecule has 0 aromatic carbocycles. The van der Waals surface area contributed by atoms with E-state index in [-0.39, 0.29) is 35.5 Å². The van der Waals surface area contributed by atoms with Crippen molar-refractivity contribution in [1.29, 1.82) is 0 Å². The van der Waals surface area contributed by atoms with Gasteiger partial charge in [0.25, 0.3) is 0 Å². The number of hydrogen-bond acceptors (Lipinski definition) is 5. The second-order valence-corrected chi connectivity index (χ2v) is 6.09. The molecule has 1 saturated carbocycles. The smallest absolute Gasteiger partial charge is 0.387 e. The van der Waals surface area contributed by atoms with Crippen LogP contribution in [0.2, 0.25) is 0 Å². The Labute approximate surface area is 132 Å². The molecule has 0 spiro atoms. The average molecular weight is 326 g/mol. The van der Waals surface area contributed by atoms with Crippen LogP contribution in [-0.4, -0.2) is 30.1 Å². The largest absolute Gasteiger partial charge is 0.433 e. The summed E-state index contributed by atoms with van der Waals surface area (Å²) in [5.41, 5.74) is 12.3. The van der Waals surface area contributed by atoms with Crippen LogP contribution in [0, 0.1) is 11.8 Å². The second-order valence-electron chi connectivity index (χ2n) is 6.09. The number of halogens is 2. The summed E-state index contributed by atoms with van der Waals surface area (Å²) < 4.78 is 29.1. The van der Waals surface area contributed by atoms with Crippen LogP contribution in [0.4, 0.5) is 8.78 Å². The van der Waals surface area contributed by atoms with Crippen molar-refractivity contribution < 1.29 is 18.3 Å². The number of ether oxygens (including phenoxy) is 1. The minimum Gasteiger partial charge on any atom is -0.433 e. The van der Waals surface area contributed by atoms with E-state index >= 15 is 0 Å². The minimum atomic E-state index is -2.87. The summed E-state index contributed by atoms with van der Waals surface area (Å²) in [6.45, 7) is -2.43. The van der Waals surface area contributed by atoms with Crippen molar-refractivity contribution in [2.45, 2.75) is 37.8 Å². The Balaban J connectivity index is 1.76. The number of nitrogens with two attached hydrogens (primary N) is 1. The number of carbonyl (C=O) groups is 1. The van der Waals surface area contributed by atoms with E-state index in [1.165, 1.54) is 6.20 Å². The average Bonchev–Trinajstić information content (AvgIpc) is 2.54. The van der Waals surface area contributed by atoms with Crippen molar-refractivity contribution in [3.05, 3.63) is 24.0 Å². The van der Waals surface area contributed by atoms with Gasteiger partial charge in [0.1, 0.15) is 5.75 Å². The lowest BCUT2D eigenvalue weighted by Gasteiger charge is -2.43. The highest BCUT2D eigenvalue weighted by atomic mass is 19.3. The van der Waals surface area contributed by atoms with Gasteiger partial charge in [-0.05, 0) is 42.7 Å². The molecule has 4 N–H and O–H groups in total. The van der Waals surface area contributed by atoms with Crippen molar-refractivity contribution in [2.75, 3.05) is 6.54 Å². The number of aromatic nitrogens is 1. The maximum atomic E-state index is 12.3. The van der Waals surface area contributed by atoms with Gasteiger partial charge in [-0.3, -0.25) is 15.2 Å². The van der Waals surface area contributed by atoms with E-state index in [0.717, 1.165) is 24.8 Å². The fourth-order valence-corrected chi connectivity index (χ4v) is 3.70. The number of hydrazine groups is 1. The summed E-state index contributed by atoms with van der Waals surface area (Å²) in [5, 5.41) is 0. The Morgan fingerprint density at radius 3 is 2.96 bits per heavy atom. The van der Waals surface area contributed by atoms with Crippen molar-refractivity contribution in [1.82, 2.24) is 15.8 Å². The third-order valence-electron chi connectivity index (χ3n) is 4.82. The zero-order valence-corrected chi connectivity index (χ0v) is 12.5. The molecule has 0 bridgehead atoms. The number of rotatable bonds is 4. The van der Waals surface area contributed by atoms with Gasteiger partial charge in [0.15, 0.2) is 0 Å². The zero-order valence-electron chi connectivity index (χ0n) is 12.5. The summed E-state index contributed by atoms with van der Waals surface area (Å²) in [7, 11) is 0. The molecule has 1 aliphatic heterocycles. The quantitative estimate of drug-likeness (QED) is 0.772. The molecule has 1 aromatic rings. The van der Waals surface area contributed by atoms with Crippen LogP contribution >= 0.6 is 0 Å². The summed E-state index contributed by atoms with van der Waals surface area (Å²) in [6, 6.07) is 1.63. The normalized spacial score (nSPS) is 30.7. The van der Waals surface area contributed by atoms with Gasteiger partial charge in [-0.2, -0.15) is 8.78 Å². The fourth-order valence-electron chi connectivity index (χ4n) is 3.70. The molecule has 1 aromatic heterocycles. The van der Waals surface area contributed by atoms with E-state index in [1.54, 1.807) is 12.3 Å². The first-order chi connectivity index (χ1) is 11.1. The van der Waals surface area contributed by atoms with E-state index < -0.39 is 6.61 Å². The number of fused-ring (bicyclic) bond motifs is 1. The Bertz CT molecular complexity index is 572. The SMILES string of the molecule is NCC1NNC(=O)C2CCC(c3cncc(OC(F)F)c3)CC12. The second kappa shape index (κ2) is 6.76. The maximum Gasteiger partial charge on any atom is 0.387 e. The van der Waals surface area contributed by atoms with Crippen LogP contribution in [0.3, 0.4) is 0 Å². The first-order valence-corrected chi connectivity index (χ1v) is 7.73. The first kappa shape index (κ1) is 16.1. The molecule has 1 amide bonds. The number of hydrogen-bond donors (Lipinski definition) is 3. The molecule has 126 valence electrons. The summed E-state index contributed by atoms with van der Waals surface area (Å²) in [4.78, 5) is 16.0. The third-order valence-corrected chi connectivity index (χ3v) is 4.82. The number of pyridine rings is 1. The molecule has 4 atom stereocenters. The van der Waals surface area contributed by atoms with Crippen molar-refractivity contribution >= 4 is 5.91 Å². The predicted molar refractivity (Wildman–Crippen MR) is 78.6 cm³/mol. The summed E-state index contributed by atoms with van der Waals surface area (Å²) in [6.07, 6.45) is 5.29. The van der Waals surface area contributed by atoms with Crippen LogP contribution < -0.4 is 21.3 Å². The van der Waals surface area contributed by atoms with Crippen LogP contribution in [0.15, 0.2) is 18.5 Å². The van der Waals surface area contributed by atoms with Crippen LogP contribution in [-0.2, 0) is 4.79 Å². The molecule has 8 heteroatoms. The highest BCUT2D eigenvalue weighted by molar-refractivity contribution is 5.79. The first-order valence-electron chi connectivity index (χ1n) is 7.73. The molecule has 3 rings (SSSR count). The molecule has 2 aliphatic rings. The van der Waals surface area contributed by atoms with Gasteiger partial charge in [0.05, 0.1) is 6.20 Å². The molecule has 4 unspecified atom stereocenters. The number of amides is 1. The lowest BCUT2D eigenvalue weighted by molar-refractivity contribution is -0.133. The number of alkyl halides is 2. The zero-order chi connectivity index (χ0) is 16.4. The number of nitrogens with zero attached hydrogens (tertiary/aromatic N) is 1. The van der Waals surface area contributed by atoms with Gasteiger partial charge in [0, 0.05) is 24.7 Å². The predicted octanol–water partition coefficient (Wildman–Crippen LogP) is 1.14. The van der Waals surface area contributed by atoms with Crippen LogP contribution in [0.5, 0.6) is 5.75 Å². The molecule has 1 saturated heterocycles. The van der Waals surface area contributed by atoms with E-state index in [4.69, 9.17) is 5.73 Å². The van der Waals surface area contributed by atoms with Gasteiger partial charge in [-0.15, -0.1) is 0 Å². The van der Waals surface area contributed by atoms with Crippen LogP contribution in [0.25, 0.3) is 0 Å². The molecule has 2 heterocycles. The molecule has 1 aliphatic carbocycles. The molecule has 23 heavy (non-hydrogen) atoms. The van der Waals surface area contributed by atoms with Gasteiger partial charge >= 0.3 is 6.61 Å². The Morgan fingerprint density at radius 2 is 2.22 bits per heavy atom. The van der Waals surface area contributed by atoms with Gasteiger partial charge in [0.2, 0.25) is 5.91 Å². The Hall–Kier alpha value is -1.80. The van der Waals surface area contributed by atoms with Crippen molar-refractivity contribution in [2.24, 2.45) is 17.6 Å². The highest BCUT2D eigenvalue weighted by Gasteiger charge is 2.42. The topological polar surface area (TPSA) is 89.3 Å². The lowest BCUT2D eigenvalue weighted by atomic mass is 9.68. The summed E-state index contributed by atoms with van der Waals surface area (Å²) >= 11 is 0. The lowest BCUT2D eigenvalue weighted by Crippen LogP contribution is -2.62. The van der Waals surface area contributed by atoms with E-state index in [1.807, 2.05) is 0 Å². The Morgan fingerprint density at radius 1 is 1.39 bits per heavy atom. The molecular weight excluding hydrogens is 306 g/mol. The fraction of sp³-hybridized carbons (Fsp3) is 0.600. The third kappa shape index (κ3) is 3.42. The molecule has 2 fully saturated rings. The molecule has 0 radical (unpaired) electrons. The van der Waals surface area contributed by atoms with Gasteiger partial charge in [-0.25, -0.2) is 5.43 Å². The number of carbonyl (C=O) groups excluding carboxylic acids is 1. The van der Waals surface area contributed by atoms with E-state index in [2.05, 4.69) is 20.6 Å². The van der Waals surface area contributed by atoms with Crippen molar-refractivity contribution in [3.63, 3.8) is 0 Å². The van der Waals surface area contributed by atoms with E-state index in [0.29, 0.717) is 6.54 Å². The van der Waals surface area contributed by atoms with Crippen LogP contribution in [0.1, 0.15) is 30.7 Å². The van der Waals surface area contributed by atoms with Crippen molar-refractivity contribution in [3.8, 4) is 5.75 Å². The van der Waals surface area contributed by atoms with Gasteiger partial charge in [-0.1, -0.05) is 0 Å². The standard InChI is InChI=1S/C15H20F2N4O2/c16-15(17)23-10-3-9(6-19-7-10)8-1-2-11-12(4-8)13(5-18)20-21-14(11)22/h3,6-8,11-13,15,20H,1-2,4-5,18H2,(H,21,22). The van der Waals surface area contributed by atoms with E-state index in [9.17, 15) is 13.6 Å². The minimum absolute atomic E-state index is 0.00561.